The van der Waals surface area contributed by atoms with E-state index in [1.165, 1.54) is 0 Å². The van der Waals surface area contributed by atoms with Gasteiger partial charge in [-0.1, -0.05) is 0 Å². The molecule has 2 nitrogen and oxygen atoms in total. The Hall–Kier alpha value is -0.570. The Morgan fingerprint density at radius 2 is 2.40 bits per heavy atom. The highest BCUT2D eigenvalue weighted by atomic mass is 32.1. The molecule has 0 fully saturated rings. The van der Waals surface area contributed by atoms with E-state index in [-0.39, 0.29) is 0 Å². The van der Waals surface area contributed by atoms with Gasteiger partial charge in [-0.25, -0.2) is 0 Å². The molecule has 0 spiro atoms. The van der Waals surface area contributed by atoms with Crippen LogP contribution in [0.1, 0.15) is 12.1 Å². The van der Waals surface area contributed by atoms with Crippen molar-refractivity contribution >= 4 is 12.6 Å². The van der Waals surface area contributed by atoms with Crippen molar-refractivity contribution in [2.24, 2.45) is 0 Å². The summed E-state index contributed by atoms with van der Waals surface area (Å²) in [5.41, 5.74) is 1.05. The Bertz CT molecular complexity index is 176. The predicted molar refractivity (Wildman–Crippen MR) is 44.2 cm³/mol. The molecule has 0 N–H and O–H groups in total. The molecule has 1 heterocycles. The summed E-state index contributed by atoms with van der Waals surface area (Å²) < 4.78 is 0. The van der Waals surface area contributed by atoms with Crippen molar-refractivity contribution in [1.29, 1.82) is 0 Å². The topological polar surface area (TPSA) is 25.8 Å². The molecule has 0 unspecified atom stereocenters. The maximum Gasteiger partial charge on any atom is 0.0631 e. The molecular formula is C7H10N2S. The molecular weight excluding hydrogens is 144 g/mol. The van der Waals surface area contributed by atoms with E-state index in [0.29, 0.717) is 0 Å². The molecule has 0 radical (unpaired) electrons. The summed E-state index contributed by atoms with van der Waals surface area (Å²) in [6, 6.07) is 3.89. The van der Waals surface area contributed by atoms with Gasteiger partial charge in [0.15, 0.2) is 0 Å². The zero-order valence-electron chi connectivity index (χ0n) is 5.70. The van der Waals surface area contributed by atoms with Crippen molar-refractivity contribution in [3.63, 3.8) is 0 Å². The normalized spacial score (nSPS) is 9.70. The number of thiol groups is 1. The molecule has 3 heteroatoms. The Kier molecular flexibility index (Phi) is 3.22. The summed E-state index contributed by atoms with van der Waals surface area (Å²) in [5.74, 6) is 0.913. The Balaban J connectivity index is 2.43. The first-order valence-corrected chi connectivity index (χ1v) is 3.94. The lowest BCUT2D eigenvalue weighted by Crippen LogP contribution is -1.91. The van der Waals surface area contributed by atoms with E-state index < -0.39 is 0 Å². The SMILES string of the molecule is SCCCc1cccnn1. The number of nitrogens with zero attached hydrogens (tertiary/aromatic N) is 2. The van der Waals surface area contributed by atoms with Gasteiger partial charge in [-0.15, -0.1) is 0 Å². The van der Waals surface area contributed by atoms with Crippen LogP contribution in [0.4, 0.5) is 0 Å². The Labute approximate surface area is 66.1 Å². The molecule has 0 aromatic carbocycles. The van der Waals surface area contributed by atoms with Crippen LogP contribution in [0.3, 0.4) is 0 Å². The fraction of sp³-hybridized carbons (Fsp3) is 0.429. The van der Waals surface area contributed by atoms with Gasteiger partial charge in [0.2, 0.25) is 0 Å². The number of hydrogen-bond acceptors (Lipinski definition) is 3. The molecule has 0 bridgehead atoms. The molecule has 0 saturated heterocycles. The summed E-state index contributed by atoms with van der Waals surface area (Å²) >= 11 is 4.10. The summed E-state index contributed by atoms with van der Waals surface area (Å²) in [4.78, 5) is 0. The molecule has 0 atom stereocenters. The first kappa shape index (κ1) is 7.54. The van der Waals surface area contributed by atoms with Crippen LogP contribution in [0.5, 0.6) is 0 Å². The molecule has 10 heavy (non-hydrogen) atoms. The molecule has 0 amide bonds. The average Bonchev–Trinajstić information content (AvgIpc) is 2.03. The van der Waals surface area contributed by atoms with Crippen molar-refractivity contribution in [2.75, 3.05) is 5.75 Å². The first-order chi connectivity index (χ1) is 4.93. The third-order valence-corrected chi connectivity index (χ3v) is 1.53. The van der Waals surface area contributed by atoms with Gasteiger partial charge in [0.05, 0.1) is 5.69 Å². The quantitative estimate of drug-likeness (QED) is 0.665. The van der Waals surface area contributed by atoms with Crippen LogP contribution >= 0.6 is 12.6 Å². The van der Waals surface area contributed by atoms with Crippen LogP contribution in [0, 0.1) is 0 Å². The molecule has 0 aliphatic carbocycles. The van der Waals surface area contributed by atoms with E-state index in [4.69, 9.17) is 0 Å². The van der Waals surface area contributed by atoms with Crippen molar-refractivity contribution in [3.8, 4) is 0 Å². The highest BCUT2D eigenvalue weighted by Crippen LogP contribution is 1.96. The zero-order valence-corrected chi connectivity index (χ0v) is 6.59. The third-order valence-electron chi connectivity index (χ3n) is 1.22. The predicted octanol–water partition coefficient (Wildman–Crippen LogP) is 1.34. The molecule has 0 saturated carbocycles. The van der Waals surface area contributed by atoms with E-state index in [1.807, 2.05) is 12.1 Å². The van der Waals surface area contributed by atoms with Crippen molar-refractivity contribution in [2.45, 2.75) is 12.8 Å². The summed E-state index contributed by atoms with van der Waals surface area (Å²) in [7, 11) is 0. The van der Waals surface area contributed by atoms with Crippen LogP contribution in [0.15, 0.2) is 18.3 Å². The number of aryl methyl sites for hydroxylation is 1. The second-order valence-corrected chi connectivity index (χ2v) is 2.49. The lowest BCUT2D eigenvalue weighted by molar-refractivity contribution is 0.846. The van der Waals surface area contributed by atoms with Crippen molar-refractivity contribution in [3.05, 3.63) is 24.0 Å². The van der Waals surface area contributed by atoms with E-state index in [1.54, 1.807) is 6.20 Å². The fourth-order valence-corrected chi connectivity index (χ4v) is 0.885. The van der Waals surface area contributed by atoms with Gasteiger partial charge < -0.3 is 0 Å². The van der Waals surface area contributed by atoms with Gasteiger partial charge in [0.1, 0.15) is 0 Å². The lowest BCUT2D eigenvalue weighted by atomic mass is 10.2. The number of hydrogen-bond donors (Lipinski definition) is 1. The smallest absolute Gasteiger partial charge is 0.0631 e. The molecule has 0 aliphatic rings. The summed E-state index contributed by atoms with van der Waals surface area (Å²) in [5, 5.41) is 7.69. The largest absolute Gasteiger partial charge is 0.179 e. The van der Waals surface area contributed by atoms with E-state index >= 15 is 0 Å². The first-order valence-electron chi connectivity index (χ1n) is 3.31. The number of aromatic nitrogens is 2. The van der Waals surface area contributed by atoms with E-state index in [0.717, 1.165) is 24.3 Å². The Morgan fingerprint density at radius 3 is 3.00 bits per heavy atom. The van der Waals surface area contributed by atoms with Crippen molar-refractivity contribution < 1.29 is 0 Å². The zero-order chi connectivity index (χ0) is 7.23. The highest BCUT2D eigenvalue weighted by molar-refractivity contribution is 7.80. The number of rotatable bonds is 3. The van der Waals surface area contributed by atoms with Gasteiger partial charge >= 0.3 is 0 Å². The van der Waals surface area contributed by atoms with Crippen LogP contribution in [0.2, 0.25) is 0 Å². The second-order valence-electron chi connectivity index (χ2n) is 2.04. The third kappa shape index (κ3) is 2.35. The molecule has 1 rings (SSSR count). The second kappa shape index (κ2) is 4.28. The molecule has 1 aromatic heterocycles. The minimum absolute atomic E-state index is 0.913. The van der Waals surface area contributed by atoms with E-state index in [9.17, 15) is 0 Å². The monoisotopic (exact) mass is 154 g/mol. The molecule has 54 valence electrons. The highest BCUT2D eigenvalue weighted by Gasteiger charge is 1.90. The standard InChI is InChI=1S/C7H10N2S/c10-6-2-4-7-3-1-5-8-9-7/h1,3,5,10H,2,4,6H2. The maximum atomic E-state index is 4.10. The molecule has 1 aromatic rings. The minimum Gasteiger partial charge on any atom is -0.179 e. The van der Waals surface area contributed by atoms with Crippen LogP contribution < -0.4 is 0 Å². The lowest BCUT2D eigenvalue weighted by Gasteiger charge is -1.93. The van der Waals surface area contributed by atoms with Gasteiger partial charge in [0, 0.05) is 6.20 Å². The Morgan fingerprint density at radius 1 is 1.50 bits per heavy atom. The van der Waals surface area contributed by atoms with E-state index in [2.05, 4.69) is 22.8 Å². The van der Waals surface area contributed by atoms with Gasteiger partial charge in [0.25, 0.3) is 0 Å². The van der Waals surface area contributed by atoms with Gasteiger partial charge in [-0.2, -0.15) is 22.8 Å². The fourth-order valence-electron chi connectivity index (χ4n) is 0.727. The van der Waals surface area contributed by atoms with Crippen molar-refractivity contribution in [1.82, 2.24) is 10.2 Å². The summed E-state index contributed by atoms with van der Waals surface area (Å²) in [6.07, 6.45) is 3.74. The maximum absolute atomic E-state index is 4.10. The average molecular weight is 154 g/mol. The van der Waals surface area contributed by atoms with Crippen LogP contribution in [-0.2, 0) is 6.42 Å². The van der Waals surface area contributed by atoms with Crippen LogP contribution in [0.25, 0.3) is 0 Å². The van der Waals surface area contributed by atoms with Gasteiger partial charge in [-0.3, -0.25) is 0 Å². The van der Waals surface area contributed by atoms with Crippen LogP contribution in [-0.4, -0.2) is 16.0 Å². The molecule has 0 aliphatic heterocycles. The van der Waals surface area contributed by atoms with Gasteiger partial charge in [-0.05, 0) is 30.7 Å². The minimum atomic E-state index is 0.913. The summed E-state index contributed by atoms with van der Waals surface area (Å²) in [6.45, 7) is 0.